The van der Waals surface area contributed by atoms with Crippen molar-refractivity contribution in [3.05, 3.63) is 134 Å². The number of rotatable bonds is 14. The summed E-state index contributed by atoms with van der Waals surface area (Å²) in [5, 5.41) is 54.9. The summed E-state index contributed by atoms with van der Waals surface area (Å²) < 4.78 is 45.3. The summed E-state index contributed by atoms with van der Waals surface area (Å²) >= 11 is 0. The molecule has 2 bridgehead atoms. The van der Waals surface area contributed by atoms with Gasteiger partial charge in [0.15, 0.2) is 28.5 Å². The van der Waals surface area contributed by atoms with Crippen molar-refractivity contribution in [3.8, 4) is 23.0 Å². The Morgan fingerprint density at radius 2 is 1.57 bits per heavy atom. The molecule has 1 spiro atoms. The summed E-state index contributed by atoms with van der Waals surface area (Å²) in [5.74, 6) is -4.09. The minimum absolute atomic E-state index is 0.0122. The highest BCUT2D eigenvalue weighted by molar-refractivity contribution is 6.22. The summed E-state index contributed by atoms with van der Waals surface area (Å²) in [6.07, 6.45) is 3.13. The molecule has 5 N–H and O–H groups in total. The molecule has 77 heavy (non-hydrogen) atoms. The third-order valence-electron chi connectivity index (χ3n) is 16.4. The largest absolute Gasteiger partial charge is 0.482 e. The third kappa shape index (κ3) is 8.59. The number of allylic oxidation sites excluding steroid dienone is 5. The fourth-order valence-corrected chi connectivity index (χ4v) is 12.4. The van der Waals surface area contributed by atoms with Gasteiger partial charge in [-0.15, -0.1) is 0 Å². The lowest BCUT2D eigenvalue weighted by molar-refractivity contribution is -0.277. The van der Waals surface area contributed by atoms with E-state index in [-0.39, 0.29) is 82.0 Å². The van der Waals surface area contributed by atoms with E-state index in [1.165, 1.54) is 37.5 Å². The number of hydrogen-bond donors (Lipinski definition) is 5. The smallest absolute Gasteiger partial charge is 0.343 e. The van der Waals surface area contributed by atoms with Gasteiger partial charge < -0.3 is 58.7 Å². The van der Waals surface area contributed by atoms with Crippen molar-refractivity contribution < 1.29 is 77.9 Å². The molecule has 8 aliphatic rings. The lowest BCUT2D eigenvalue weighted by atomic mass is 9.43. The van der Waals surface area contributed by atoms with E-state index in [1.54, 1.807) is 31.2 Å². The average molecular weight is 1060 g/mol. The highest BCUT2D eigenvalue weighted by atomic mass is 16.7. The Labute approximate surface area is 446 Å². The maximum absolute atomic E-state index is 15.7. The van der Waals surface area contributed by atoms with E-state index in [4.69, 9.17) is 33.2 Å². The predicted molar refractivity (Wildman–Crippen MR) is 281 cm³/mol. The molecule has 11 rings (SSSR count). The summed E-state index contributed by atoms with van der Waals surface area (Å²) in [6, 6.07) is 12.8. The van der Waals surface area contributed by atoms with E-state index in [0.717, 1.165) is 11.1 Å². The molecule has 4 aliphatic heterocycles. The zero-order valence-corrected chi connectivity index (χ0v) is 44.7. The molecule has 4 fully saturated rings. The number of aliphatic hydroxyl groups is 5. The van der Waals surface area contributed by atoms with Crippen LogP contribution in [0.2, 0.25) is 0 Å². The number of carbonyl (C=O) groups excluding carboxylic acids is 4. The third-order valence-corrected chi connectivity index (χ3v) is 16.4. The Morgan fingerprint density at radius 3 is 2.23 bits per heavy atom. The number of Topliss-reactive ketones (excluding diaryl/α,β-unsaturated/α-hetero) is 2. The van der Waals surface area contributed by atoms with Crippen LogP contribution in [0.5, 0.6) is 23.0 Å². The molecular formula is C61H66O16. The molecule has 3 aromatic carbocycles. The van der Waals surface area contributed by atoms with Gasteiger partial charge in [0.1, 0.15) is 64.3 Å². The molecule has 4 aliphatic carbocycles. The Morgan fingerprint density at radius 1 is 0.870 bits per heavy atom. The van der Waals surface area contributed by atoms with Gasteiger partial charge in [-0.3, -0.25) is 9.59 Å². The zero-order chi connectivity index (χ0) is 55.2. The first kappa shape index (κ1) is 53.7. The van der Waals surface area contributed by atoms with Crippen molar-refractivity contribution in [1.82, 2.24) is 0 Å². The van der Waals surface area contributed by atoms with Crippen LogP contribution in [-0.4, -0.2) is 110 Å². The second kappa shape index (κ2) is 20.0. The maximum Gasteiger partial charge on any atom is 0.343 e. The average Bonchev–Trinajstić information content (AvgIpc) is 3.88. The predicted octanol–water partition coefficient (Wildman–Crippen LogP) is 7.72. The number of ether oxygens (including phenoxy) is 7. The van der Waals surface area contributed by atoms with Crippen LogP contribution in [-0.2, 0) is 30.2 Å². The first-order valence-electron chi connectivity index (χ1n) is 26.3. The molecule has 3 aromatic rings. The quantitative estimate of drug-likeness (QED) is 0.0450. The van der Waals surface area contributed by atoms with Gasteiger partial charge in [0.25, 0.3) is 0 Å². The Bertz CT molecular complexity index is 3160. The highest BCUT2D eigenvalue weighted by Crippen LogP contribution is 2.71. The summed E-state index contributed by atoms with van der Waals surface area (Å²) in [4.78, 5) is 58.4. The molecule has 0 amide bonds. The number of fused-ring (bicyclic) bond motifs is 7. The SMILES string of the molecule is COC(=O)C(C)=CCC1(O)C(=O)C2CC(C(C)C)C13Oc1c(CC=C(C)C)c4c(c(OC(=O)c5ccc(O[C@H]6O[C@@H](CO)[C@H](O)[C@@H](O)[C@@H]6O)cc5)c1C1=C3C2C2=C(O1)c1ccccc1C2=O)C=CC(C)(CCC=C(C)C)O4. The van der Waals surface area contributed by atoms with E-state index in [0.29, 0.717) is 46.4 Å². The van der Waals surface area contributed by atoms with Crippen molar-refractivity contribution in [3.63, 3.8) is 0 Å². The van der Waals surface area contributed by atoms with Gasteiger partial charge in [-0.05, 0) is 110 Å². The van der Waals surface area contributed by atoms with Crippen molar-refractivity contribution in [2.75, 3.05) is 13.7 Å². The Kier molecular flexibility index (Phi) is 13.9. The number of ketones is 2. The van der Waals surface area contributed by atoms with Crippen molar-refractivity contribution >= 4 is 41.1 Å². The number of carbonyl (C=O) groups is 4. The van der Waals surface area contributed by atoms with E-state index >= 15 is 4.79 Å². The van der Waals surface area contributed by atoms with Crippen molar-refractivity contribution in [2.24, 2.45) is 23.7 Å². The van der Waals surface area contributed by atoms with Crippen LogP contribution in [0.4, 0.5) is 0 Å². The lowest BCUT2D eigenvalue weighted by Crippen LogP contribution is -2.78. The molecule has 0 radical (unpaired) electrons. The van der Waals surface area contributed by atoms with E-state index in [9.17, 15) is 39.9 Å². The van der Waals surface area contributed by atoms with Gasteiger partial charge in [0.05, 0.1) is 30.4 Å². The van der Waals surface area contributed by atoms with Crippen LogP contribution in [0.25, 0.3) is 17.6 Å². The fourth-order valence-electron chi connectivity index (χ4n) is 12.4. The summed E-state index contributed by atoms with van der Waals surface area (Å²) in [6.45, 7) is 14.8. The Balaban J connectivity index is 1.21. The van der Waals surface area contributed by atoms with Crippen LogP contribution in [0.15, 0.2) is 101 Å². The van der Waals surface area contributed by atoms with Gasteiger partial charge in [-0.1, -0.05) is 67.5 Å². The van der Waals surface area contributed by atoms with Crippen LogP contribution in [0, 0.1) is 23.7 Å². The number of methoxy groups -OCH3 is 1. The molecule has 6 unspecified atom stereocenters. The monoisotopic (exact) mass is 1050 g/mol. The molecule has 0 aromatic heterocycles. The van der Waals surface area contributed by atoms with E-state index in [1.807, 2.05) is 66.7 Å². The molecule has 11 atom stereocenters. The zero-order valence-electron chi connectivity index (χ0n) is 44.7. The molecular weight excluding hydrogens is 989 g/mol. The van der Waals surface area contributed by atoms with Gasteiger partial charge in [0.2, 0.25) is 6.29 Å². The Hall–Kier alpha value is -6.66. The second-order valence-electron chi connectivity index (χ2n) is 22.3. The molecule has 1 saturated heterocycles. The van der Waals surface area contributed by atoms with Gasteiger partial charge in [-0.25, -0.2) is 9.59 Å². The topological polar surface area (TPSA) is 234 Å². The lowest BCUT2D eigenvalue weighted by Gasteiger charge is -2.65. The number of benzene rings is 3. The van der Waals surface area contributed by atoms with Gasteiger partial charge in [-0.2, -0.15) is 0 Å². The fraction of sp³-hybridized carbons (Fsp3) is 0.443. The minimum atomic E-state index is -2.36. The van der Waals surface area contributed by atoms with Crippen LogP contribution in [0.3, 0.4) is 0 Å². The summed E-state index contributed by atoms with van der Waals surface area (Å²) in [7, 11) is 1.25. The minimum Gasteiger partial charge on any atom is -0.482 e. The van der Waals surface area contributed by atoms with Crippen LogP contribution in [0.1, 0.15) is 124 Å². The number of esters is 2. The van der Waals surface area contributed by atoms with Gasteiger partial charge in [0, 0.05) is 52.0 Å². The van der Waals surface area contributed by atoms with Gasteiger partial charge >= 0.3 is 11.9 Å². The highest BCUT2D eigenvalue weighted by Gasteiger charge is 2.77. The van der Waals surface area contributed by atoms with Crippen molar-refractivity contribution in [1.29, 1.82) is 0 Å². The normalized spacial score (nSPS) is 30.2. The van der Waals surface area contributed by atoms with E-state index in [2.05, 4.69) is 6.08 Å². The van der Waals surface area contributed by atoms with Crippen LogP contribution < -0.4 is 18.9 Å². The summed E-state index contributed by atoms with van der Waals surface area (Å²) in [5.41, 5.74) is -0.217. The van der Waals surface area contributed by atoms with Crippen LogP contribution >= 0.6 is 0 Å². The molecule has 16 nitrogen and oxygen atoms in total. The standard InChI is InChI=1S/C61H66O16/c1-29(2)13-12-24-59(8)25-23-38-50(76-59)37(21-16-30(3)4)53-44(52(38)75-57(69)33-17-19-34(20-18-33)72-58-49(66)48(65)47(64)41(28-62)73-58)54-45-42(43-46(63)35-14-10-11-15-36(35)51(43)74-54)39-27-40(31(5)6)61(45,77-53)60(70,55(39)67)26-22-32(7)56(68)71-9/h10-11,13-20,22-23,25,31,39-42,47-49,58,62,64-66,70H,12,21,24,26-28H2,1-9H3/t39?,40?,41-,42?,47-,48+,49-,58-,59?,60?,61?/m0/s1. The number of aliphatic hydroxyl groups excluding tert-OH is 4. The maximum atomic E-state index is 15.7. The molecule has 16 heteroatoms. The number of hydrogen-bond acceptors (Lipinski definition) is 16. The molecule has 3 saturated carbocycles. The van der Waals surface area contributed by atoms with Crippen molar-refractivity contribution in [2.45, 2.75) is 135 Å². The first-order valence-corrected chi connectivity index (χ1v) is 26.3. The molecule has 406 valence electrons. The first-order chi connectivity index (χ1) is 36.6. The second-order valence-corrected chi connectivity index (χ2v) is 22.3. The molecule has 4 heterocycles. The van der Waals surface area contributed by atoms with E-state index < -0.39 is 89.6 Å².